The molecule has 0 spiro atoms. The van der Waals surface area contributed by atoms with Crippen LogP contribution in [0.1, 0.15) is 39.5 Å². The van der Waals surface area contributed by atoms with Crippen molar-refractivity contribution in [1.82, 2.24) is 16.0 Å². The molecule has 0 bridgehead atoms. The zero-order valence-corrected chi connectivity index (χ0v) is 16.8. The second kappa shape index (κ2) is 13.1. The maximum Gasteiger partial charge on any atom is 0.326 e. The molecule has 13 heteroatoms. The molecule has 9 N–H and O–H groups in total. The van der Waals surface area contributed by atoms with E-state index >= 15 is 0 Å². The second-order valence-electron chi connectivity index (χ2n) is 6.75. The molecule has 0 aromatic rings. The van der Waals surface area contributed by atoms with Crippen molar-refractivity contribution in [3.63, 3.8) is 0 Å². The van der Waals surface area contributed by atoms with Crippen LogP contribution < -0.4 is 27.4 Å². The van der Waals surface area contributed by atoms with E-state index < -0.39 is 73.1 Å². The van der Waals surface area contributed by atoms with Crippen molar-refractivity contribution < 1.29 is 39.0 Å². The Kier molecular flexibility index (Phi) is 11.7. The summed E-state index contributed by atoms with van der Waals surface area (Å²) in [6, 6.07) is -3.89. The van der Waals surface area contributed by atoms with Crippen LogP contribution in [0.3, 0.4) is 0 Å². The van der Waals surface area contributed by atoms with E-state index in [0.29, 0.717) is 6.42 Å². The minimum Gasteiger partial charge on any atom is -0.481 e. The largest absolute Gasteiger partial charge is 0.481 e. The Hall–Kier alpha value is -3.22. The molecule has 0 aliphatic heterocycles. The maximum absolute atomic E-state index is 12.3. The highest BCUT2D eigenvalue weighted by Crippen LogP contribution is 2.05. The number of primary amides is 1. The molecule has 30 heavy (non-hydrogen) atoms. The van der Waals surface area contributed by atoms with Crippen molar-refractivity contribution in [2.24, 2.45) is 17.4 Å². The lowest BCUT2D eigenvalue weighted by Crippen LogP contribution is -2.54. The van der Waals surface area contributed by atoms with Crippen molar-refractivity contribution in [2.75, 3.05) is 6.54 Å². The number of hydrogen-bond donors (Lipinski definition) is 7. The van der Waals surface area contributed by atoms with Crippen molar-refractivity contribution in [2.45, 2.75) is 57.7 Å². The molecule has 0 rings (SSSR count). The average molecular weight is 431 g/mol. The third kappa shape index (κ3) is 10.4. The third-order valence-corrected chi connectivity index (χ3v) is 4.30. The third-order valence-electron chi connectivity index (χ3n) is 4.30. The first-order chi connectivity index (χ1) is 13.9. The maximum atomic E-state index is 12.3. The number of carbonyl (C=O) groups is 6. The van der Waals surface area contributed by atoms with Gasteiger partial charge in [0.15, 0.2) is 0 Å². The van der Waals surface area contributed by atoms with Crippen molar-refractivity contribution in [3.05, 3.63) is 0 Å². The normalized spacial score (nSPS) is 14.5. The van der Waals surface area contributed by atoms with Crippen LogP contribution in [0.4, 0.5) is 0 Å². The summed E-state index contributed by atoms with van der Waals surface area (Å²) in [5.74, 6) is -6.28. The molecule has 4 amide bonds. The second-order valence-corrected chi connectivity index (χ2v) is 6.75. The molecule has 0 aromatic carbocycles. The van der Waals surface area contributed by atoms with E-state index in [9.17, 15) is 28.8 Å². The van der Waals surface area contributed by atoms with Crippen LogP contribution in [0.25, 0.3) is 0 Å². The van der Waals surface area contributed by atoms with Gasteiger partial charge in [0.2, 0.25) is 23.6 Å². The molecule has 13 nitrogen and oxygen atoms in total. The number of amides is 4. The molecule has 0 aromatic heterocycles. The Balaban J connectivity index is 5.02. The van der Waals surface area contributed by atoms with E-state index in [2.05, 4.69) is 10.6 Å². The fraction of sp³-hybridized carbons (Fsp3) is 0.647. The average Bonchev–Trinajstić information content (AvgIpc) is 2.66. The van der Waals surface area contributed by atoms with Gasteiger partial charge in [-0.15, -0.1) is 0 Å². The molecule has 0 saturated carbocycles. The molecule has 4 unspecified atom stereocenters. The van der Waals surface area contributed by atoms with Gasteiger partial charge in [-0.05, 0) is 12.3 Å². The van der Waals surface area contributed by atoms with Crippen LogP contribution in [0.15, 0.2) is 0 Å². The fourth-order valence-corrected chi connectivity index (χ4v) is 2.25. The Morgan fingerprint density at radius 1 is 0.967 bits per heavy atom. The van der Waals surface area contributed by atoms with Gasteiger partial charge in [0.25, 0.3) is 0 Å². The van der Waals surface area contributed by atoms with Gasteiger partial charge < -0.3 is 37.6 Å². The van der Waals surface area contributed by atoms with E-state index in [-0.39, 0.29) is 12.3 Å². The molecule has 0 fully saturated rings. The lowest BCUT2D eigenvalue weighted by atomic mass is 9.99. The number of nitrogens with two attached hydrogens (primary N) is 2. The molecule has 0 heterocycles. The summed E-state index contributed by atoms with van der Waals surface area (Å²) in [5, 5.41) is 24.4. The van der Waals surface area contributed by atoms with Crippen molar-refractivity contribution in [3.8, 4) is 0 Å². The monoisotopic (exact) mass is 431 g/mol. The van der Waals surface area contributed by atoms with Crippen LogP contribution in [0, 0.1) is 5.92 Å². The molecule has 0 saturated heterocycles. The molecule has 0 aliphatic rings. The van der Waals surface area contributed by atoms with Gasteiger partial charge in [0.1, 0.15) is 12.1 Å². The van der Waals surface area contributed by atoms with Gasteiger partial charge >= 0.3 is 11.9 Å². The van der Waals surface area contributed by atoms with Crippen LogP contribution in [0.5, 0.6) is 0 Å². The summed E-state index contributed by atoms with van der Waals surface area (Å²) in [6.07, 6.45) is -0.897. The van der Waals surface area contributed by atoms with E-state index in [1.54, 1.807) is 6.92 Å². The predicted octanol–water partition coefficient (Wildman–Crippen LogP) is -2.73. The Morgan fingerprint density at radius 3 is 2.03 bits per heavy atom. The Labute approximate surface area is 172 Å². The summed E-state index contributed by atoms with van der Waals surface area (Å²) >= 11 is 0. The molecule has 0 radical (unpaired) electrons. The van der Waals surface area contributed by atoms with E-state index in [1.807, 2.05) is 12.2 Å². The molecular formula is C17H29N5O8. The Bertz CT molecular complexity index is 669. The smallest absolute Gasteiger partial charge is 0.326 e. The van der Waals surface area contributed by atoms with Crippen LogP contribution in [-0.4, -0.2) is 70.5 Å². The molecular weight excluding hydrogens is 402 g/mol. The predicted molar refractivity (Wildman–Crippen MR) is 103 cm³/mol. The summed E-state index contributed by atoms with van der Waals surface area (Å²) in [5.41, 5.74) is 10.7. The first-order valence-corrected chi connectivity index (χ1v) is 9.24. The van der Waals surface area contributed by atoms with Gasteiger partial charge in [-0.25, -0.2) is 4.79 Å². The van der Waals surface area contributed by atoms with Crippen molar-refractivity contribution in [1.29, 1.82) is 0 Å². The lowest BCUT2D eigenvalue weighted by molar-refractivity contribution is -0.144. The number of nitrogens with one attached hydrogen (secondary N) is 3. The van der Waals surface area contributed by atoms with Crippen LogP contribution in [-0.2, 0) is 28.8 Å². The topological polar surface area (TPSA) is 231 Å². The number of carboxylic acids is 2. The SMILES string of the molecule is CCC(C)C(N)C(=O)NCC(=O)NC(CCC(=O)O)C(=O)NC(CC(N)=O)C(=O)O. The van der Waals surface area contributed by atoms with Gasteiger partial charge in [-0.1, -0.05) is 20.3 Å². The van der Waals surface area contributed by atoms with Crippen molar-refractivity contribution >= 4 is 35.6 Å². The molecule has 170 valence electrons. The first kappa shape index (κ1) is 26.8. The quantitative estimate of drug-likeness (QED) is 0.151. The minimum atomic E-state index is -1.65. The van der Waals surface area contributed by atoms with Gasteiger partial charge in [-0.2, -0.15) is 0 Å². The number of aliphatic carboxylic acids is 2. The molecule has 4 atom stereocenters. The summed E-state index contributed by atoms with van der Waals surface area (Å²) in [6.45, 7) is 3.09. The number of hydrogen-bond acceptors (Lipinski definition) is 7. The zero-order valence-electron chi connectivity index (χ0n) is 16.8. The van der Waals surface area contributed by atoms with Crippen LogP contribution >= 0.6 is 0 Å². The number of rotatable bonds is 14. The molecule has 0 aliphatic carbocycles. The summed E-state index contributed by atoms with van der Waals surface area (Å²) < 4.78 is 0. The van der Waals surface area contributed by atoms with Gasteiger partial charge in [0.05, 0.1) is 19.0 Å². The van der Waals surface area contributed by atoms with E-state index in [1.165, 1.54) is 0 Å². The van der Waals surface area contributed by atoms with E-state index in [0.717, 1.165) is 0 Å². The summed E-state index contributed by atoms with van der Waals surface area (Å²) in [4.78, 5) is 69.2. The number of carbonyl (C=O) groups excluding carboxylic acids is 4. The van der Waals surface area contributed by atoms with Crippen LogP contribution in [0.2, 0.25) is 0 Å². The minimum absolute atomic E-state index is 0.125. The fourth-order valence-electron chi connectivity index (χ4n) is 2.25. The van der Waals surface area contributed by atoms with Gasteiger partial charge in [0, 0.05) is 6.42 Å². The zero-order chi connectivity index (χ0) is 23.4. The van der Waals surface area contributed by atoms with E-state index in [4.69, 9.17) is 21.7 Å². The number of carboxylic acid groups (broad SMARTS) is 2. The highest BCUT2D eigenvalue weighted by atomic mass is 16.4. The highest BCUT2D eigenvalue weighted by Gasteiger charge is 2.28. The first-order valence-electron chi connectivity index (χ1n) is 9.24. The lowest BCUT2D eigenvalue weighted by Gasteiger charge is -2.21. The highest BCUT2D eigenvalue weighted by molar-refractivity contribution is 5.93. The standard InChI is InChI=1S/C17H29N5O8/c1-3-8(2)14(19)16(28)20-7-12(24)21-9(4-5-13(25)26)15(27)22-10(17(29)30)6-11(18)23/h8-10,14H,3-7,19H2,1-2H3,(H2,18,23)(H,20,28)(H,21,24)(H,22,27)(H,25,26)(H,29,30). The Morgan fingerprint density at radius 2 is 1.57 bits per heavy atom. The summed E-state index contributed by atoms with van der Waals surface area (Å²) in [7, 11) is 0. The van der Waals surface area contributed by atoms with Gasteiger partial charge in [-0.3, -0.25) is 24.0 Å².